The van der Waals surface area contributed by atoms with Gasteiger partial charge in [0.25, 0.3) is 0 Å². The van der Waals surface area contributed by atoms with Crippen LogP contribution in [0.4, 0.5) is 0 Å². The van der Waals surface area contributed by atoms with Gasteiger partial charge in [0, 0.05) is 5.22 Å². The molecule has 20 heavy (non-hydrogen) atoms. The molecule has 2 aromatic carbocycles. The summed E-state index contributed by atoms with van der Waals surface area (Å²) < 4.78 is 0. The van der Waals surface area contributed by atoms with Gasteiger partial charge in [-0.2, -0.15) is 0 Å². The first-order valence-electron chi connectivity index (χ1n) is 5.72. The average Bonchev–Trinajstić information content (AvgIpc) is 3.01. The van der Waals surface area contributed by atoms with Crippen LogP contribution in [0.25, 0.3) is 12.1 Å². The molecule has 0 amide bonds. The standard InChI is InChI=1S/C14H10N4O.K/c19-9-10-5-7-11(8-6-10)12-3-1-2-4-13(12)14-15-17-18-16-14;/h1-9,19H;/q;+1/p-1. The van der Waals surface area contributed by atoms with E-state index in [9.17, 15) is 5.11 Å². The van der Waals surface area contributed by atoms with Crippen LogP contribution in [0, 0.1) is 10.4 Å². The van der Waals surface area contributed by atoms with Crippen LogP contribution in [0.5, 0.6) is 0 Å². The van der Waals surface area contributed by atoms with Gasteiger partial charge in [-0.15, -0.1) is 16.5 Å². The van der Waals surface area contributed by atoms with Crippen molar-refractivity contribution >= 4 is 12.1 Å². The Morgan fingerprint density at radius 3 is 2.00 bits per heavy atom. The zero-order chi connectivity index (χ0) is 13.1. The number of rotatable bonds is 0. The number of hydrogen-bond acceptors (Lipinski definition) is 5. The van der Waals surface area contributed by atoms with Crippen LogP contribution in [0.2, 0.25) is 0 Å². The molecule has 0 fully saturated rings. The van der Waals surface area contributed by atoms with Gasteiger partial charge in [0.2, 0.25) is 5.82 Å². The summed E-state index contributed by atoms with van der Waals surface area (Å²) in [6.45, 7) is 0. The predicted octanol–water partition coefficient (Wildman–Crippen LogP) is -2.03. The van der Waals surface area contributed by atoms with Crippen LogP contribution in [-0.4, -0.2) is 0 Å². The molecule has 0 spiro atoms. The van der Waals surface area contributed by atoms with Gasteiger partial charge in [-0.25, -0.2) is 0 Å². The first-order valence-corrected chi connectivity index (χ1v) is 5.72. The third kappa shape index (κ3) is 3.10. The summed E-state index contributed by atoms with van der Waals surface area (Å²) in [5.41, 5.74) is 0. The van der Waals surface area contributed by atoms with Crippen molar-refractivity contribution < 1.29 is 56.5 Å². The summed E-state index contributed by atoms with van der Waals surface area (Å²) in [6, 6.07) is 15.1. The molecular weight excluding hydrogens is 279 g/mol. The van der Waals surface area contributed by atoms with E-state index in [2.05, 4.69) is 20.7 Å². The van der Waals surface area contributed by atoms with E-state index in [0.29, 0.717) is 11.0 Å². The normalized spacial score (nSPS) is 12.3. The van der Waals surface area contributed by atoms with Crippen LogP contribution >= 0.6 is 0 Å². The van der Waals surface area contributed by atoms with Crippen molar-refractivity contribution in [1.29, 1.82) is 0 Å². The molecular formula is C14H9KN4O. The van der Waals surface area contributed by atoms with Crippen molar-refractivity contribution in [3.8, 4) is 0 Å². The van der Waals surface area contributed by atoms with Crippen molar-refractivity contribution in [3.63, 3.8) is 0 Å². The third-order valence-corrected chi connectivity index (χ3v) is 2.84. The van der Waals surface area contributed by atoms with E-state index in [1.807, 2.05) is 36.4 Å². The zero-order valence-corrected chi connectivity index (χ0v) is 14.0. The van der Waals surface area contributed by atoms with Crippen molar-refractivity contribution in [2.75, 3.05) is 0 Å². The van der Waals surface area contributed by atoms with Crippen molar-refractivity contribution in [2.24, 2.45) is 20.7 Å². The fourth-order valence-corrected chi connectivity index (χ4v) is 1.92. The van der Waals surface area contributed by atoms with E-state index in [1.165, 1.54) is 0 Å². The SMILES string of the molecule is [K+].[O-]C=c1ccc(=c2ccccc2=C2N=NN=N2)cc1. The first-order chi connectivity index (χ1) is 9.38. The fraction of sp³-hybridized carbons (Fsp3) is 0. The minimum Gasteiger partial charge on any atom is -0.877 e. The summed E-state index contributed by atoms with van der Waals surface area (Å²) >= 11 is 0. The van der Waals surface area contributed by atoms with E-state index in [1.54, 1.807) is 12.1 Å². The maximum atomic E-state index is 10.7. The Morgan fingerprint density at radius 1 is 0.800 bits per heavy atom. The Labute approximate surface area is 157 Å². The maximum absolute atomic E-state index is 10.7. The van der Waals surface area contributed by atoms with Crippen molar-refractivity contribution in [2.45, 2.75) is 0 Å². The van der Waals surface area contributed by atoms with E-state index in [4.69, 9.17) is 0 Å². The molecule has 1 aliphatic heterocycles. The van der Waals surface area contributed by atoms with Crippen molar-refractivity contribution in [3.05, 3.63) is 69.4 Å². The molecule has 0 radical (unpaired) electrons. The number of benzene rings is 2. The molecule has 0 bridgehead atoms. The first kappa shape index (κ1) is 15.2. The Balaban J connectivity index is 0.00000147. The quantitative estimate of drug-likeness (QED) is 0.516. The van der Waals surface area contributed by atoms with E-state index in [-0.39, 0.29) is 51.4 Å². The van der Waals surface area contributed by atoms with Gasteiger partial charge in [0.1, 0.15) is 0 Å². The minimum absolute atomic E-state index is 0. The second-order valence-electron chi connectivity index (χ2n) is 3.99. The van der Waals surface area contributed by atoms with Crippen LogP contribution in [0.15, 0.2) is 69.2 Å². The van der Waals surface area contributed by atoms with Crippen LogP contribution in [-0.2, 0) is 0 Å². The molecule has 0 atom stereocenters. The molecule has 2 aromatic rings. The van der Waals surface area contributed by atoms with Gasteiger partial charge in [0.05, 0.1) is 0 Å². The largest absolute Gasteiger partial charge is 1.00 e. The molecule has 0 unspecified atom stereocenters. The van der Waals surface area contributed by atoms with E-state index in [0.717, 1.165) is 21.9 Å². The molecule has 0 saturated heterocycles. The number of nitrogens with zero attached hydrogens (tertiary/aromatic N) is 4. The molecule has 0 aromatic heterocycles. The molecule has 5 nitrogen and oxygen atoms in total. The molecule has 92 valence electrons. The van der Waals surface area contributed by atoms with E-state index >= 15 is 0 Å². The number of hydrogen-bond donors (Lipinski definition) is 0. The second kappa shape index (κ2) is 7.01. The predicted molar refractivity (Wildman–Crippen MR) is 67.4 cm³/mol. The second-order valence-corrected chi connectivity index (χ2v) is 3.99. The van der Waals surface area contributed by atoms with Gasteiger partial charge in [-0.1, -0.05) is 48.5 Å². The summed E-state index contributed by atoms with van der Waals surface area (Å²) in [6.07, 6.45) is 0.823. The minimum atomic E-state index is 0. The van der Waals surface area contributed by atoms with Crippen molar-refractivity contribution in [1.82, 2.24) is 0 Å². The molecule has 3 rings (SSSR count). The average molecular weight is 288 g/mol. The summed E-state index contributed by atoms with van der Waals surface area (Å²) in [7, 11) is 0. The van der Waals surface area contributed by atoms with Gasteiger partial charge >= 0.3 is 51.4 Å². The molecule has 1 heterocycles. The summed E-state index contributed by atoms with van der Waals surface area (Å²) in [4.78, 5) is 0. The molecule has 6 heteroatoms. The Bertz CT molecular complexity index is 853. The van der Waals surface area contributed by atoms with Crippen LogP contribution < -0.4 is 66.9 Å². The third-order valence-electron chi connectivity index (χ3n) is 2.84. The molecule has 0 aliphatic carbocycles. The van der Waals surface area contributed by atoms with Gasteiger partial charge in [0.15, 0.2) is 0 Å². The molecule has 0 saturated carbocycles. The Morgan fingerprint density at radius 2 is 1.40 bits per heavy atom. The van der Waals surface area contributed by atoms with Gasteiger partial charge < -0.3 is 5.11 Å². The fourth-order valence-electron chi connectivity index (χ4n) is 1.92. The van der Waals surface area contributed by atoms with Gasteiger partial charge in [-0.05, 0) is 26.1 Å². The molecule has 1 aliphatic rings. The van der Waals surface area contributed by atoms with Crippen LogP contribution in [0.3, 0.4) is 0 Å². The van der Waals surface area contributed by atoms with Gasteiger partial charge in [-0.3, -0.25) is 0 Å². The zero-order valence-electron chi connectivity index (χ0n) is 10.9. The summed E-state index contributed by atoms with van der Waals surface area (Å²) in [5, 5.41) is 28.9. The van der Waals surface area contributed by atoms with E-state index < -0.39 is 0 Å². The Hall–Kier alpha value is -1.18. The maximum Gasteiger partial charge on any atom is 1.00 e. The summed E-state index contributed by atoms with van der Waals surface area (Å²) in [5.74, 6) is 0.495. The topological polar surface area (TPSA) is 72.5 Å². The van der Waals surface area contributed by atoms with Crippen LogP contribution in [0.1, 0.15) is 0 Å². The smallest absolute Gasteiger partial charge is 0.877 e. The monoisotopic (exact) mass is 288 g/mol. The Kier molecular flexibility index (Phi) is 5.33. The molecule has 0 N–H and O–H groups in total.